The molecule has 0 atom stereocenters. The molecule has 0 spiro atoms. The van der Waals surface area contributed by atoms with Crippen LogP contribution < -0.4 is 0 Å². The zero-order chi connectivity index (χ0) is 9.14. The summed E-state index contributed by atoms with van der Waals surface area (Å²) < 4.78 is 1.64. The van der Waals surface area contributed by atoms with Gasteiger partial charge < -0.3 is 0 Å². The van der Waals surface area contributed by atoms with Gasteiger partial charge in [-0.3, -0.25) is 9.48 Å². The molecule has 0 aliphatic carbocycles. The lowest BCUT2D eigenvalue weighted by Crippen LogP contribution is -2.01. The fourth-order valence-corrected chi connectivity index (χ4v) is 1.24. The molecule has 3 nitrogen and oxygen atoms in total. The topological polar surface area (TPSA) is 34.9 Å². The Morgan fingerprint density at radius 1 is 1.75 bits per heavy atom. The molecule has 4 heteroatoms. The highest BCUT2D eigenvalue weighted by atomic mass is 35.5. The van der Waals surface area contributed by atoms with Crippen LogP contribution in [0.1, 0.15) is 23.0 Å². The number of carbonyl (C=O) groups is 1. The minimum absolute atomic E-state index is 0.0265. The third-order valence-corrected chi connectivity index (χ3v) is 1.90. The van der Waals surface area contributed by atoms with Crippen molar-refractivity contribution < 1.29 is 4.79 Å². The van der Waals surface area contributed by atoms with Crippen LogP contribution in [0.3, 0.4) is 0 Å². The van der Waals surface area contributed by atoms with Crippen LogP contribution in [0.4, 0.5) is 0 Å². The maximum Gasteiger partial charge on any atom is 0.181 e. The van der Waals surface area contributed by atoms with Crippen LogP contribution in [-0.4, -0.2) is 21.4 Å². The summed E-state index contributed by atoms with van der Waals surface area (Å²) in [4.78, 5) is 11.2. The second kappa shape index (κ2) is 3.72. The van der Waals surface area contributed by atoms with Crippen molar-refractivity contribution in [3.05, 3.63) is 17.5 Å². The number of rotatable bonds is 3. The molecule has 0 fully saturated rings. The molecule has 0 aliphatic heterocycles. The molecule has 0 unspecified atom stereocenters. The van der Waals surface area contributed by atoms with E-state index in [-0.39, 0.29) is 11.7 Å². The Balaban J connectivity index is 3.04. The Bertz CT molecular complexity index is 293. The summed E-state index contributed by atoms with van der Waals surface area (Å²) in [6.07, 6.45) is 2.47. The summed E-state index contributed by atoms with van der Waals surface area (Å²) in [7, 11) is 1.80. The van der Waals surface area contributed by atoms with Gasteiger partial charge in [-0.25, -0.2) is 0 Å². The first-order chi connectivity index (χ1) is 5.69. The van der Waals surface area contributed by atoms with Gasteiger partial charge in [0, 0.05) is 13.2 Å². The molecule has 12 heavy (non-hydrogen) atoms. The number of nitrogens with zero attached hydrogens (tertiary/aromatic N) is 2. The number of aryl methyl sites for hydroxylation is 2. The van der Waals surface area contributed by atoms with Crippen LogP contribution in [-0.2, 0) is 13.5 Å². The fourth-order valence-electron chi connectivity index (χ4n) is 1.10. The van der Waals surface area contributed by atoms with Crippen molar-refractivity contribution >= 4 is 17.4 Å². The van der Waals surface area contributed by atoms with E-state index in [4.69, 9.17) is 11.6 Å². The number of Topliss-reactive ketones (excluding diaryl/α,β-unsaturated/α-hetero) is 1. The molecular weight excluding hydrogens is 176 g/mol. The van der Waals surface area contributed by atoms with Crippen LogP contribution in [0.2, 0.25) is 0 Å². The maximum absolute atomic E-state index is 11.2. The van der Waals surface area contributed by atoms with Gasteiger partial charge in [-0.05, 0) is 6.42 Å². The quantitative estimate of drug-likeness (QED) is 0.529. The van der Waals surface area contributed by atoms with Gasteiger partial charge >= 0.3 is 0 Å². The first-order valence-corrected chi connectivity index (χ1v) is 4.34. The van der Waals surface area contributed by atoms with Crippen molar-refractivity contribution in [2.75, 3.05) is 5.88 Å². The lowest BCUT2D eigenvalue weighted by atomic mass is 10.1. The van der Waals surface area contributed by atoms with Crippen molar-refractivity contribution in [1.82, 2.24) is 9.78 Å². The summed E-state index contributed by atoms with van der Waals surface area (Å²) in [6, 6.07) is 0. The van der Waals surface area contributed by atoms with E-state index >= 15 is 0 Å². The Hall–Kier alpha value is -0.830. The lowest BCUT2D eigenvalue weighted by Gasteiger charge is -1.92. The number of alkyl halides is 1. The smallest absolute Gasteiger partial charge is 0.181 e. The zero-order valence-corrected chi connectivity index (χ0v) is 7.93. The Labute approximate surface area is 76.3 Å². The second-order valence-electron chi connectivity index (χ2n) is 2.57. The minimum atomic E-state index is -0.0541. The van der Waals surface area contributed by atoms with Crippen molar-refractivity contribution in [2.24, 2.45) is 7.05 Å². The summed E-state index contributed by atoms with van der Waals surface area (Å²) >= 11 is 5.44. The van der Waals surface area contributed by atoms with Gasteiger partial charge in [-0.15, -0.1) is 11.6 Å². The average molecular weight is 187 g/mol. The average Bonchev–Trinajstić information content (AvgIpc) is 2.45. The van der Waals surface area contributed by atoms with Crippen molar-refractivity contribution in [3.63, 3.8) is 0 Å². The largest absolute Gasteiger partial charge is 0.293 e. The molecule has 1 heterocycles. The number of aromatic nitrogens is 2. The fraction of sp³-hybridized carbons (Fsp3) is 0.500. The van der Waals surface area contributed by atoms with Crippen LogP contribution in [0.5, 0.6) is 0 Å². The van der Waals surface area contributed by atoms with E-state index < -0.39 is 0 Å². The van der Waals surface area contributed by atoms with E-state index in [9.17, 15) is 4.79 Å². The van der Waals surface area contributed by atoms with E-state index in [1.165, 1.54) is 0 Å². The monoisotopic (exact) mass is 186 g/mol. The number of halogens is 1. The van der Waals surface area contributed by atoms with Crippen molar-refractivity contribution in [2.45, 2.75) is 13.3 Å². The number of hydrogen-bond acceptors (Lipinski definition) is 2. The van der Waals surface area contributed by atoms with Crippen LogP contribution >= 0.6 is 11.6 Å². The molecular formula is C8H11ClN2O. The molecule has 1 aromatic heterocycles. The SMILES string of the molecule is CCc1nn(C)cc1C(=O)CCl. The van der Waals surface area contributed by atoms with Gasteiger partial charge in [0.2, 0.25) is 0 Å². The van der Waals surface area contributed by atoms with Gasteiger partial charge in [0.15, 0.2) is 5.78 Å². The van der Waals surface area contributed by atoms with Gasteiger partial charge in [0.05, 0.1) is 17.1 Å². The molecule has 0 amide bonds. The molecule has 0 radical (unpaired) electrons. The second-order valence-corrected chi connectivity index (χ2v) is 2.84. The first-order valence-electron chi connectivity index (χ1n) is 3.80. The highest BCUT2D eigenvalue weighted by molar-refractivity contribution is 6.30. The summed E-state index contributed by atoms with van der Waals surface area (Å²) in [6.45, 7) is 1.97. The number of hydrogen-bond donors (Lipinski definition) is 0. The highest BCUT2D eigenvalue weighted by Crippen LogP contribution is 2.08. The Kier molecular flexibility index (Phi) is 2.87. The van der Waals surface area contributed by atoms with Gasteiger partial charge in [0.1, 0.15) is 0 Å². The van der Waals surface area contributed by atoms with E-state index in [1.807, 2.05) is 6.92 Å². The standard InChI is InChI=1S/C8H11ClN2O/c1-3-7-6(8(12)4-9)5-11(2)10-7/h5H,3-4H2,1-2H3. The van der Waals surface area contributed by atoms with E-state index in [1.54, 1.807) is 17.9 Å². The molecule has 1 aromatic rings. The summed E-state index contributed by atoms with van der Waals surface area (Å²) in [5.74, 6) is -0.0276. The molecule has 66 valence electrons. The Morgan fingerprint density at radius 2 is 2.42 bits per heavy atom. The summed E-state index contributed by atoms with van der Waals surface area (Å²) in [5, 5.41) is 4.14. The molecule has 0 N–H and O–H groups in total. The summed E-state index contributed by atoms with van der Waals surface area (Å²) in [5.41, 5.74) is 1.47. The minimum Gasteiger partial charge on any atom is -0.293 e. The lowest BCUT2D eigenvalue weighted by molar-refractivity contribution is 0.102. The van der Waals surface area contributed by atoms with E-state index in [2.05, 4.69) is 5.10 Å². The van der Waals surface area contributed by atoms with Crippen molar-refractivity contribution in [1.29, 1.82) is 0 Å². The number of carbonyl (C=O) groups excluding carboxylic acids is 1. The molecule has 1 rings (SSSR count). The predicted octanol–water partition coefficient (Wildman–Crippen LogP) is 1.40. The highest BCUT2D eigenvalue weighted by Gasteiger charge is 2.12. The van der Waals surface area contributed by atoms with E-state index in [0.717, 1.165) is 12.1 Å². The molecule has 0 bridgehead atoms. The molecule has 0 aromatic carbocycles. The number of ketones is 1. The van der Waals surface area contributed by atoms with E-state index in [0.29, 0.717) is 5.56 Å². The predicted molar refractivity (Wildman–Crippen MR) is 47.6 cm³/mol. The molecule has 0 saturated heterocycles. The van der Waals surface area contributed by atoms with Crippen LogP contribution in [0, 0.1) is 0 Å². The first kappa shape index (κ1) is 9.26. The zero-order valence-electron chi connectivity index (χ0n) is 7.17. The molecule has 0 saturated carbocycles. The normalized spacial score (nSPS) is 10.2. The third kappa shape index (κ3) is 1.67. The van der Waals surface area contributed by atoms with Gasteiger partial charge in [-0.2, -0.15) is 5.10 Å². The molecule has 0 aliphatic rings. The van der Waals surface area contributed by atoms with Crippen molar-refractivity contribution in [3.8, 4) is 0 Å². The van der Waals surface area contributed by atoms with Gasteiger partial charge in [-0.1, -0.05) is 6.92 Å². The van der Waals surface area contributed by atoms with Crippen LogP contribution in [0.15, 0.2) is 6.20 Å². The Morgan fingerprint density at radius 3 is 2.92 bits per heavy atom. The third-order valence-electron chi connectivity index (χ3n) is 1.66. The maximum atomic E-state index is 11.2. The van der Waals surface area contributed by atoms with Gasteiger partial charge in [0.25, 0.3) is 0 Å². The van der Waals surface area contributed by atoms with Crippen LogP contribution in [0.25, 0.3) is 0 Å².